The molecule has 0 saturated heterocycles. The maximum Gasteiger partial charge on any atom is 0.224 e. The molecule has 0 radical (unpaired) electrons. The molecule has 2 aromatic rings. The van der Waals surface area contributed by atoms with Crippen LogP contribution in [0.5, 0.6) is 0 Å². The van der Waals surface area contributed by atoms with Gasteiger partial charge in [-0.3, -0.25) is 4.79 Å². The van der Waals surface area contributed by atoms with E-state index >= 15 is 0 Å². The van der Waals surface area contributed by atoms with Crippen molar-refractivity contribution in [1.82, 2.24) is 20.2 Å². The third kappa shape index (κ3) is 4.76. The van der Waals surface area contributed by atoms with E-state index in [1.54, 1.807) is 16.8 Å². The summed E-state index contributed by atoms with van der Waals surface area (Å²) in [5.74, 6) is 1.23. The quantitative estimate of drug-likeness (QED) is 0.668. The second-order valence-electron chi connectivity index (χ2n) is 6.39. The third-order valence-corrected chi connectivity index (χ3v) is 4.57. The van der Waals surface area contributed by atoms with Crippen LogP contribution in [0.2, 0.25) is 5.02 Å². The Morgan fingerprint density at radius 1 is 1.28 bits per heavy atom. The fourth-order valence-corrected chi connectivity index (χ4v) is 2.92. The first-order valence-corrected chi connectivity index (χ1v) is 9.15. The van der Waals surface area contributed by atoms with Gasteiger partial charge in [-0.05, 0) is 60.9 Å². The van der Waals surface area contributed by atoms with Crippen LogP contribution in [-0.2, 0) is 4.79 Å². The van der Waals surface area contributed by atoms with Crippen molar-refractivity contribution >= 4 is 23.2 Å². The van der Waals surface area contributed by atoms with Gasteiger partial charge in [0.15, 0.2) is 5.82 Å². The number of benzene rings is 1. The molecule has 3 rings (SSSR count). The zero-order chi connectivity index (χ0) is 17.6. The lowest BCUT2D eigenvalue weighted by Gasteiger charge is -2.10. The van der Waals surface area contributed by atoms with Gasteiger partial charge in [0.2, 0.25) is 5.91 Å². The van der Waals surface area contributed by atoms with Gasteiger partial charge in [0.25, 0.3) is 0 Å². The summed E-state index contributed by atoms with van der Waals surface area (Å²) in [7, 11) is 0. The number of tetrazole rings is 1. The SMILES string of the molecule is NCCCCCCC(=O)Nc1ccc(Cl)c(-n2nnnc2C2CC2)c1. The van der Waals surface area contributed by atoms with E-state index < -0.39 is 0 Å². The number of hydrogen-bond donors (Lipinski definition) is 2. The predicted octanol–water partition coefficient (Wildman–Crippen LogP) is 3.04. The van der Waals surface area contributed by atoms with Crippen LogP contribution >= 0.6 is 11.6 Å². The molecule has 25 heavy (non-hydrogen) atoms. The van der Waals surface area contributed by atoms with Crippen LogP contribution in [0.3, 0.4) is 0 Å². The van der Waals surface area contributed by atoms with Crippen LogP contribution in [0.15, 0.2) is 18.2 Å². The fourth-order valence-electron chi connectivity index (χ4n) is 2.72. The molecule has 0 atom stereocenters. The molecular formula is C17H23ClN6O. The van der Waals surface area contributed by atoms with Gasteiger partial charge in [-0.2, -0.15) is 4.68 Å². The highest BCUT2D eigenvalue weighted by Gasteiger charge is 2.30. The Morgan fingerprint density at radius 2 is 2.08 bits per heavy atom. The predicted molar refractivity (Wildman–Crippen MR) is 96.9 cm³/mol. The number of carbonyl (C=O) groups is 1. The van der Waals surface area contributed by atoms with E-state index in [0.717, 1.165) is 44.3 Å². The molecule has 1 aliphatic carbocycles. The maximum absolute atomic E-state index is 12.1. The molecule has 0 unspecified atom stereocenters. The van der Waals surface area contributed by atoms with E-state index in [1.165, 1.54) is 0 Å². The maximum atomic E-state index is 12.1. The van der Waals surface area contributed by atoms with E-state index in [0.29, 0.717) is 35.3 Å². The van der Waals surface area contributed by atoms with Crippen molar-refractivity contribution in [3.63, 3.8) is 0 Å². The number of nitrogens with one attached hydrogen (secondary N) is 1. The number of carbonyl (C=O) groups excluding carboxylic acids is 1. The van der Waals surface area contributed by atoms with E-state index in [4.69, 9.17) is 17.3 Å². The standard InChI is InChI=1S/C17H23ClN6O/c18-14-9-8-13(20-16(25)5-3-1-2-4-10-19)11-15(14)24-17(12-6-7-12)21-22-23-24/h8-9,11-12H,1-7,10,19H2,(H,20,25). The summed E-state index contributed by atoms with van der Waals surface area (Å²) in [5.41, 5.74) is 6.85. The summed E-state index contributed by atoms with van der Waals surface area (Å²) >= 11 is 6.31. The molecule has 1 saturated carbocycles. The lowest BCUT2D eigenvalue weighted by molar-refractivity contribution is -0.116. The molecule has 1 aromatic carbocycles. The van der Waals surface area contributed by atoms with Gasteiger partial charge >= 0.3 is 0 Å². The second kappa shape index (κ2) is 8.40. The molecule has 1 aromatic heterocycles. The summed E-state index contributed by atoms with van der Waals surface area (Å²) in [6.45, 7) is 0.708. The number of rotatable bonds is 9. The van der Waals surface area contributed by atoms with Crippen molar-refractivity contribution in [2.75, 3.05) is 11.9 Å². The summed E-state index contributed by atoms with van der Waals surface area (Å²) < 4.78 is 1.67. The first-order valence-electron chi connectivity index (χ1n) is 8.77. The first kappa shape index (κ1) is 17.8. The van der Waals surface area contributed by atoms with Crippen molar-refractivity contribution in [2.24, 2.45) is 5.73 Å². The minimum atomic E-state index is 0.000141. The van der Waals surface area contributed by atoms with Gasteiger partial charge in [-0.25, -0.2) is 0 Å². The van der Waals surface area contributed by atoms with Gasteiger partial charge in [-0.15, -0.1) is 5.10 Å². The Morgan fingerprint density at radius 3 is 2.84 bits per heavy atom. The monoisotopic (exact) mass is 362 g/mol. The Bertz CT molecular complexity index is 728. The molecule has 1 fully saturated rings. The summed E-state index contributed by atoms with van der Waals surface area (Å²) in [6.07, 6.45) is 6.66. The van der Waals surface area contributed by atoms with Crippen molar-refractivity contribution in [2.45, 2.75) is 50.9 Å². The van der Waals surface area contributed by atoms with E-state index in [9.17, 15) is 4.79 Å². The number of nitrogens with two attached hydrogens (primary N) is 1. The molecule has 1 heterocycles. The number of nitrogens with zero attached hydrogens (tertiary/aromatic N) is 4. The highest BCUT2D eigenvalue weighted by Crippen LogP contribution is 2.39. The van der Waals surface area contributed by atoms with Crippen LogP contribution in [-0.4, -0.2) is 32.7 Å². The van der Waals surface area contributed by atoms with Gasteiger partial charge in [0.05, 0.1) is 10.7 Å². The lowest BCUT2D eigenvalue weighted by atomic mass is 10.1. The Labute approximate surface area is 151 Å². The van der Waals surface area contributed by atoms with Crippen LogP contribution < -0.4 is 11.1 Å². The molecule has 0 spiro atoms. The molecule has 1 aliphatic rings. The molecular weight excluding hydrogens is 340 g/mol. The number of aromatic nitrogens is 4. The largest absolute Gasteiger partial charge is 0.330 e. The smallest absolute Gasteiger partial charge is 0.224 e. The topological polar surface area (TPSA) is 98.7 Å². The zero-order valence-corrected chi connectivity index (χ0v) is 14.9. The third-order valence-electron chi connectivity index (χ3n) is 4.25. The summed E-state index contributed by atoms with van der Waals surface area (Å²) in [4.78, 5) is 12.1. The minimum Gasteiger partial charge on any atom is -0.330 e. The molecule has 0 aliphatic heterocycles. The van der Waals surface area contributed by atoms with Crippen molar-refractivity contribution in [3.8, 4) is 5.69 Å². The van der Waals surface area contributed by atoms with Crippen LogP contribution in [0, 0.1) is 0 Å². The molecule has 3 N–H and O–H groups in total. The first-order chi connectivity index (χ1) is 12.2. The fraction of sp³-hybridized carbons (Fsp3) is 0.529. The minimum absolute atomic E-state index is 0.000141. The number of amides is 1. The number of unbranched alkanes of at least 4 members (excludes halogenated alkanes) is 3. The highest BCUT2D eigenvalue weighted by molar-refractivity contribution is 6.32. The Hall–Kier alpha value is -1.99. The summed E-state index contributed by atoms with van der Waals surface area (Å²) in [6, 6.07) is 5.36. The van der Waals surface area contributed by atoms with Crippen molar-refractivity contribution in [3.05, 3.63) is 29.0 Å². The lowest BCUT2D eigenvalue weighted by Crippen LogP contribution is -2.12. The van der Waals surface area contributed by atoms with E-state index in [2.05, 4.69) is 20.8 Å². The van der Waals surface area contributed by atoms with Gasteiger partial charge in [-0.1, -0.05) is 24.4 Å². The van der Waals surface area contributed by atoms with Gasteiger partial charge < -0.3 is 11.1 Å². The Kier molecular flexibility index (Phi) is 5.99. The average molecular weight is 363 g/mol. The number of hydrogen-bond acceptors (Lipinski definition) is 5. The van der Waals surface area contributed by atoms with E-state index in [1.807, 2.05) is 6.07 Å². The number of anilines is 1. The molecule has 8 heteroatoms. The molecule has 1 amide bonds. The van der Waals surface area contributed by atoms with Crippen LogP contribution in [0.4, 0.5) is 5.69 Å². The second-order valence-corrected chi connectivity index (χ2v) is 6.80. The zero-order valence-electron chi connectivity index (χ0n) is 14.1. The molecule has 0 bridgehead atoms. The molecule has 7 nitrogen and oxygen atoms in total. The highest BCUT2D eigenvalue weighted by atomic mass is 35.5. The van der Waals surface area contributed by atoms with E-state index in [-0.39, 0.29) is 5.91 Å². The van der Waals surface area contributed by atoms with Crippen molar-refractivity contribution < 1.29 is 4.79 Å². The van der Waals surface area contributed by atoms with Crippen LogP contribution in [0.1, 0.15) is 56.7 Å². The average Bonchev–Trinajstić information content (AvgIpc) is 3.33. The normalized spacial score (nSPS) is 13.8. The number of halogens is 1. The van der Waals surface area contributed by atoms with Gasteiger partial charge in [0, 0.05) is 18.0 Å². The van der Waals surface area contributed by atoms with Crippen molar-refractivity contribution in [1.29, 1.82) is 0 Å². The Balaban J connectivity index is 1.63. The molecule has 134 valence electrons. The van der Waals surface area contributed by atoms with Crippen LogP contribution in [0.25, 0.3) is 5.69 Å². The van der Waals surface area contributed by atoms with Gasteiger partial charge in [0.1, 0.15) is 0 Å². The summed E-state index contributed by atoms with van der Waals surface area (Å²) in [5, 5.41) is 15.4.